The van der Waals surface area contributed by atoms with Gasteiger partial charge in [0.05, 0.1) is 11.9 Å². The molecule has 1 N–H and O–H groups in total. The summed E-state index contributed by atoms with van der Waals surface area (Å²) in [6.07, 6.45) is -1.96. The maximum absolute atomic E-state index is 12.1. The zero-order valence-electron chi connectivity index (χ0n) is 11.3. The molecule has 21 heavy (non-hydrogen) atoms. The Morgan fingerprint density at radius 2 is 2.29 bits per heavy atom. The van der Waals surface area contributed by atoms with Gasteiger partial charge in [0.2, 0.25) is 5.82 Å². The number of amides is 1. The lowest BCUT2D eigenvalue weighted by atomic mass is 10.2. The lowest BCUT2D eigenvalue weighted by molar-refractivity contribution is -0.123. The van der Waals surface area contributed by atoms with Crippen molar-refractivity contribution in [3.63, 3.8) is 0 Å². The molecule has 0 aliphatic carbocycles. The lowest BCUT2D eigenvalue weighted by Crippen LogP contribution is -2.41. The van der Waals surface area contributed by atoms with Gasteiger partial charge in [-0.25, -0.2) is 9.97 Å². The summed E-state index contributed by atoms with van der Waals surface area (Å²) in [7, 11) is 1.87. The van der Waals surface area contributed by atoms with Crippen molar-refractivity contribution < 1.29 is 18.0 Å². The molecule has 0 saturated carbocycles. The van der Waals surface area contributed by atoms with Gasteiger partial charge in [-0.05, 0) is 6.42 Å². The van der Waals surface area contributed by atoms with Crippen LogP contribution in [0.25, 0.3) is 0 Å². The molecule has 0 radical (unpaired) electrons. The zero-order chi connectivity index (χ0) is 15.2. The van der Waals surface area contributed by atoms with E-state index in [1.165, 1.54) is 6.20 Å². The highest BCUT2D eigenvalue weighted by atomic mass is 19.4. The van der Waals surface area contributed by atoms with Gasteiger partial charge in [-0.2, -0.15) is 13.2 Å². The van der Waals surface area contributed by atoms with E-state index in [0.717, 1.165) is 25.2 Å². The number of carbonyl (C=O) groups excluding carboxylic acids is 1. The SMILES string of the molecule is CN1c2nc(C(=O)NCC(F)(F)F)ncc2N2CCC1C2. The summed E-state index contributed by atoms with van der Waals surface area (Å²) in [5, 5.41) is 1.78. The third kappa shape index (κ3) is 2.59. The minimum absolute atomic E-state index is 0.243. The average molecular weight is 301 g/mol. The summed E-state index contributed by atoms with van der Waals surface area (Å²) < 4.78 is 36.3. The molecule has 3 heterocycles. The number of aromatic nitrogens is 2. The molecule has 0 aromatic carbocycles. The molecule has 1 aromatic heterocycles. The van der Waals surface area contributed by atoms with Gasteiger partial charge in [0.1, 0.15) is 6.54 Å². The number of nitrogens with zero attached hydrogens (tertiary/aromatic N) is 4. The maximum atomic E-state index is 12.1. The van der Waals surface area contributed by atoms with Crippen LogP contribution in [0.15, 0.2) is 6.20 Å². The van der Waals surface area contributed by atoms with E-state index < -0.39 is 18.6 Å². The minimum atomic E-state index is -4.45. The fraction of sp³-hybridized carbons (Fsp3) is 0.583. The highest BCUT2D eigenvalue weighted by Gasteiger charge is 2.36. The molecule has 3 rings (SSSR count). The second-order valence-electron chi connectivity index (χ2n) is 5.20. The average Bonchev–Trinajstić information content (AvgIpc) is 2.87. The summed E-state index contributed by atoms with van der Waals surface area (Å²) >= 11 is 0. The van der Waals surface area contributed by atoms with Crippen molar-refractivity contribution in [2.24, 2.45) is 0 Å². The summed E-state index contributed by atoms with van der Waals surface area (Å²) in [6, 6.07) is 0.318. The Labute approximate surface area is 119 Å². The van der Waals surface area contributed by atoms with Crippen LogP contribution in [0.2, 0.25) is 0 Å². The van der Waals surface area contributed by atoms with Crippen LogP contribution in [0, 0.1) is 0 Å². The second kappa shape index (κ2) is 4.74. The largest absolute Gasteiger partial charge is 0.405 e. The first kappa shape index (κ1) is 13.9. The number of likely N-dealkylation sites (N-methyl/N-ethyl adjacent to an activating group) is 1. The van der Waals surface area contributed by atoms with Crippen LogP contribution in [-0.4, -0.2) is 54.8 Å². The topological polar surface area (TPSA) is 61.4 Å². The van der Waals surface area contributed by atoms with Crippen molar-refractivity contribution >= 4 is 17.4 Å². The van der Waals surface area contributed by atoms with Crippen molar-refractivity contribution in [1.29, 1.82) is 0 Å². The number of fused-ring (bicyclic) bond motifs is 4. The van der Waals surface area contributed by atoms with Gasteiger partial charge < -0.3 is 15.1 Å². The van der Waals surface area contributed by atoms with E-state index in [4.69, 9.17) is 0 Å². The van der Waals surface area contributed by atoms with Crippen molar-refractivity contribution in [3.05, 3.63) is 12.0 Å². The van der Waals surface area contributed by atoms with E-state index >= 15 is 0 Å². The normalized spacial score (nSPS) is 20.5. The Morgan fingerprint density at radius 1 is 1.52 bits per heavy atom. The molecule has 114 valence electrons. The monoisotopic (exact) mass is 301 g/mol. The number of anilines is 2. The number of nitrogens with one attached hydrogen (secondary N) is 1. The highest BCUT2D eigenvalue weighted by Crippen LogP contribution is 2.36. The number of alkyl halides is 3. The molecule has 1 unspecified atom stereocenters. The predicted molar refractivity (Wildman–Crippen MR) is 69.4 cm³/mol. The smallest absolute Gasteiger partial charge is 0.365 e. The fourth-order valence-corrected chi connectivity index (χ4v) is 2.67. The minimum Gasteiger partial charge on any atom is -0.365 e. The molecule has 2 bridgehead atoms. The van der Waals surface area contributed by atoms with E-state index in [2.05, 4.69) is 14.9 Å². The first-order valence-corrected chi connectivity index (χ1v) is 6.55. The Balaban J connectivity index is 1.82. The predicted octanol–water partition coefficient (Wildman–Crippen LogP) is 0.797. The van der Waals surface area contributed by atoms with E-state index in [1.54, 1.807) is 5.32 Å². The fourth-order valence-electron chi connectivity index (χ4n) is 2.67. The molecule has 2 aliphatic heterocycles. The summed E-state index contributed by atoms with van der Waals surface area (Å²) in [5.74, 6) is -0.570. The molecule has 1 atom stereocenters. The van der Waals surface area contributed by atoms with Gasteiger partial charge in [-0.3, -0.25) is 4.79 Å². The van der Waals surface area contributed by atoms with E-state index in [0.29, 0.717) is 11.9 Å². The first-order valence-electron chi connectivity index (χ1n) is 6.55. The van der Waals surface area contributed by atoms with Gasteiger partial charge >= 0.3 is 6.18 Å². The van der Waals surface area contributed by atoms with Crippen LogP contribution >= 0.6 is 0 Å². The van der Waals surface area contributed by atoms with Gasteiger partial charge in [-0.15, -0.1) is 0 Å². The Kier molecular flexibility index (Phi) is 3.14. The standard InChI is InChI=1S/C12H14F3N5O/c1-19-7-2-3-20(5-7)8-4-16-9(18-10(8)19)11(21)17-6-12(13,14)15/h4,7H,2-3,5-6H2,1H3,(H,17,21). The summed E-state index contributed by atoms with van der Waals surface area (Å²) in [6.45, 7) is 0.383. The molecule has 1 fully saturated rings. The Bertz CT molecular complexity index is 577. The summed E-state index contributed by atoms with van der Waals surface area (Å²) in [5.41, 5.74) is 0.818. The van der Waals surface area contributed by atoms with Crippen LogP contribution in [0.1, 0.15) is 17.0 Å². The Morgan fingerprint density at radius 3 is 3.00 bits per heavy atom. The van der Waals surface area contributed by atoms with E-state index in [9.17, 15) is 18.0 Å². The third-order valence-corrected chi connectivity index (χ3v) is 3.79. The molecule has 1 saturated heterocycles. The quantitative estimate of drug-likeness (QED) is 0.875. The molecule has 1 aromatic rings. The molecular weight excluding hydrogens is 287 g/mol. The number of rotatable bonds is 2. The zero-order valence-corrected chi connectivity index (χ0v) is 11.3. The second-order valence-corrected chi connectivity index (χ2v) is 5.20. The van der Waals surface area contributed by atoms with Gasteiger partial charge in [0.25, 0.3) is 5.91 Å². The molecule has 0 spiro atoms. The van der Waals surface area contributed by atoms with Gasteiger partial charge in [-0.1, -0.05) is 0 Å². The van der Waals surface area contributed by atoms with Crippen molar-refractivity contribution in [2.45, 2.75) is 18.6 Å². The summed E-state index contributed by atoms with van der Waals surface area (Å²) in [4.78, 5) is 23.8. The third-order valence-electron chi connectivity index (χ3n) is 3.79. The number of halogens is 3. The number of hydrogen-bond donors (Lipinski definition) is 1. The van der Waals surface area contributed by atoms with Crippen LogP contribution in [0.4, 0.5) is 24.7 Å². The van der Waals surface area contributed by atoms with Crippen LogP contribution in [0.5, 0.6) is 0 Å². The Hall–Kier alpha value is -2.06. The lowest BCUT2D eigenvalue weighted by Gasteiger charge is -2.34. The number of carbonyl (C=O) groups is 1. The van der Waals surface area contributed by atoms with Gasteiger partial charge in [0, 0.05) is 26.2 Å². The molecular formula is C12H14F3N5O. The molecule has 1 amide bonds. The molecule has 6 nitrogen and oxygen atoms in total. The molecule has 2 aliphatic rings. The number of hydrogen-bond acceptors (Lipinski definition) is 5. The van der Waals surface area contributed by atoms with E-state index in [-0.39, 0.29) is 5.82 Å². The highest BCUT2D eigenvalue weighted by molar-refractivity contribution is 5.91. The molecule has 9 heteroatoms. The van der Waals surface area contributed by atoms with Crippen molar-refractivity contribution in [3.8, 4) is 0 Å². The maximum Gasteiger partial charge on any atom is 0.405 e. The van der Waals surface area contributed by atoms with Crippen LogP contribution in [-0.2, 0) is 0 Å². The van der Waals surface area contributed by atoms with Crippen LogP contribution < -0.4 is 15.1 Å². The van der Waals surface area contributed by atoms with Crippen molar-refractivity contribution in [1.82, 2.24) is 15.3 Å². The van der Waals surface area contributed by atoms with E-state index in [1.807, 2.05) is 11.9 Å². The van der Waals surface area contributed by atoms with Gasteiger partial charge in [0.15, 0.2) is 5.82 Å². The van der Waals surface area contributed by atoms with Crippen LogP contribution in [0.3, 0.4) is 0 Å². The van der Waals surface area contributed by atoms with Crippen molar-refractivity contribution in [2.75, 3.05) is 36.5 Å². The first-order chi connectivity index (χ1) is 9.85.